The van der Waals surface area contributed by atoms with Gasteiger partial charge in [-0.05, 0) is 17.5 Å². The van der Waals surface area contributed by atoms with Crippen molar-refractivity contribution in [3.8, 4) is 0 Å². The fraction of sp³-hybridized carbons (Fsp3) is 0.273. The highest BCUT2D eigenvalue weighted by Gasteiger charge is 2.02. The van der Waals surface area contributed by atoms with Gasteiger partial charge in [0.05, 0.1) is 0 Å². The fourth-order valence-corrected chi connectivity index (χ4v) is 1.21. The molecule has 0 saturated carbocycles. The van der Waals surface area contributed by atoms with Crippen LogP contribution in [0.3, 0.4) is 0 Å². The summed E-state index contributed by atoms with van der Waals surface area (Å²) in [5, 5.41) is 14.3. The molecule has 2 heteroatoms. The largest absolute Gasteiger partial charge is 0.308 e. The molecular formula is C11H14N2. The van der Waals surface area contributed by atoms with E-state index in [0.717, 1.165) is 11.1 Å². The molecule has 0 spiro atoms. The highest BCUT2D eigenvalue weighted by atomic mass is 14.4. The Hall–Kier alpha value is -1.44. The van der Waals surface area contributed by atoms with Gasteiger partial charge in [0.25, 0.3) is 0 Å². The van der Waals surface area contributed by atoms with Crippen molar-refractivity contribution in [2.45, 2.75) is 19.8 Å². The molecule has 0 unspecified atom stereocenters. The molecule has 1 aromatic carbocycles. The van der Waals surface area contributed by atoms with Crippen LogP contribution in [0.15, 0.2) is 18.2 Å². The van der Waals surface area contributed by atoms with Crippen molar-refractivity contribution in [2.75, 3.05) is 0 Å². The van der Waals surface area contributed by atoms with Gasteiger partial charge in [0.2, 0.25) is 0 Å². The topological polar surface area (TPSA) is 47.7 Å². The van der Waals surface area contributed by atoms with Gasteiger partial charge in [-0.2, -0.15) is 0 Å². The summed E-state index contributed by atoms with van der Waals surface area (Å²) in [6.45, 7) is 4.24. The quantitative estimate of drug-likeness (QED) is 0.662. The fourth-order valence-electron chi connectivity index (χ4n) is 1.21. The van der Waals surface area contributed by atoms with Gasteiger partial charge in [-0.15, -0.1) is 0 Å². The Morgan fingerprint density at radius 3 is 2.15 bits per heavy atom. The normalized spacial score (nSPS) is 10.1. The van der Waals surface area contributed by atoms with Crippen molar-refractivity contribution < 1.29 is 0 Å². The van der Waals surface area contributed by atoms with Crippen LogP contribution < -0.4 is 0 Å². The van der Waals surface area contributed by atoms with E-state index in [1.807, 2.05) is 18.2 Å². The summed E-state index contributed by atoms with van der Waals surface area (Å²) in [4.78, 5) is 0. The van der Waals surface area contributed by atoms with Crippen LogP contribution in [0.4, 0.5) is 0 Å². The number of nitrogens with one attached hydrogen (secondary N) is 2. The number of hydrogen-bond donors (Lipinski definition) is 2. The third-order valence-corrected chi connectivity index (χ3v) is 2.09. The second-order valence-corrected chi connectivity index (χ2v) is 3.33. The van der Waals surface area contributed by atoms with E-state index in [0.29, 0.717) is 5.92 Å². The first-order chi connectivity index (χ1) is 6.19. The van der Waals surface area contributed by atoms with Crippen molar-refractivity contribution in [3.05, 3.63) is 34.9 Å². The van der Waals surface area contributed by atoms with Crippen LogP contribution in [0, 0.1) is 10.8 Å². The van der Waals surface area contributed by atoms with Gasteiger partial charge in [0.1, 0.15) is 0 Å². The van der Waals surface area contributed by atoms with Crippen LogP contribution in [-0.4, -0.2) is 12.4 Å². The maximum absolute atomic E-state index is 7.20. The molecule has 68 valence electrons. The van der Waals surface area contributed by atoms with Crippen molar-refractivity contribution in [1.82, 2.24) is 0 Å². The van der Waals surface area contributed by atoms with Gasteiger partial charge in [-0.25, -0.2) is 0 Å². The lowest BCUT2D eigenvalue weighted by Crippen LogP contribution is -1.95. The molecule has 0 radical (unpaired) electrons. The van der Waals surface area contributed by atoms with E-state index in [1.165, 1.54) is 18.0 Å². The summed E-state index contributed by atoms with van der Waals surface area (Å²) in [6.07, 6.45) is 2.58. The van der Waals surface area contributed by atoms with Crippen molar-refractivity contribution in [2.24, 2.45) is 0 Å². The zero-order valence-electron chi connectivity index (χ0n) is 7.96. The maximum Gasteiger partial charge on any atom is 0.0256 e. The molecule has 1 rings (SSSR count). The molecule has 2 N–H and O–H groups in total. The van der Waals surface area contributed by atoms with Crippen molar-refractivity contribution in [3.63, 3.8) is 0 Å². The molecule has 1 aromatic rings. The number of benzene rings is 1. The molecule has 0 amide bonds. The van der Waals surface area contributed by atoms with E-state index < -0.39 is 0 Å². The van der Waals surface area contributed by atoms with E-state index in [2.05, 4.69) is 13.8 Å². The first-order valence-corrected chi connectivity index (χ1v) is 4.34. The molecule has 0 saturated heterocycles. The Morgan fingerprint density at radius 1 is 1.08 bits per heavy atom. The van der Waals surface area contributed by atoms with E-state index in [9.17, 15) is 0 Å². The maximum atomic E-state index is 7.20. The van der Waals surface area contributed by atoms with Crippen LogP contribution >= 0.6 is 0 Å². The predicted molar refractivity (Wildman–Crippen MR) is 56.3 cm³/mol. The van der Waals surface area contributed by atoms with Crippen LogP contribution in [0.1, 0.15) is 36.5 Å². The van der Waals surface area contributed by atoms with Gasteiger partial charge in [0.15, 0.2) is 0 Å². The highest BCUT2D eigenvalue weighted by Crippen LogP contribution is 2.16. The van der Waals surface area contributed by atoms with Gasteiger partial charge in [-0.3, -0.25) is 0 Å². The monoisotopic (exact) mass is 174 g/mol. The minimum absolute atomic E-state index is 0.471. The molecule has 13 heavy (non-hydrogen) atoms. The SMILES string of the molecule is CC(C)c1ccc(C=N)c(C=N)c1. The van der Waals surface area contributed by atoms with Crippen LogP contribution in [0.25, 0.3) is 0 Å². The lowest BCUT2D eigenvalue weighted by Gasteiger charge is -2.07. The molecule has 0 heterocycles. The average molecular weight is 174 g/mol. The van der Waals surface area contributed by atoms with Crippen LogP contribution in [-0.2, 0) is 0 Å². The number of rotatable bonds is 3. The van der Waals surface area contributed by atoms with Gasteiger partial charge < -0.3 is 10.8 Å². The lowest BCUT2D eigenvalue weighted by atomic mass is 9.98. The lowest BCUT2D eigenvalue weighted by molar-refractivity contribution is 0.866. The van der Waals surface area contributed by atoms with Gasteiger partial charge in [-0.1, -0.05) is 26.0 Å². The van der Waals surface area contributed by atoms with E-state index in [1.54, 1.807) is 0 Å². The highest BCUT2D eigenvalue weighted by molar-refractivity contribution is 5.92. The molecule has 0 atom stereocenters. The zero-order chi connectivity index (χ0) is 9.84. The summed E-state index contributed by atoms with van der Waals surface area (Å²) >= 11 is 0. The predicted octanol–water partition coefficient (Wildman–Crippen LogP) is 2.81. The van der Waals surface area contributed by atoms with E-state index >= 15 is 0 Å². The number of hydrogen-bond acceptors (Lipinski definition) is 2. The summed E-state index contributed by atoms with van der Waals surface area (Å²) in [7, 11) is 0. The summed E-state index contributed by atoms with van der Waals surface area (Å²) in [6, 6.07) is 5.87. The molecule has 2 nitrogen and oxygen atoms in total. The molecule has 0 fully saturated rings. The summed E-state index contributed by atoms with van der Waals surface area (Å²) < 4.78 is 0. The molecule has 0 aliphatic carbocycles. The second-order valence-electron chi connectivity index (χ2n) is 3.33. The molecule has 0 aromatic heterocycles. The molecule has 0 aliphatic heterocycles. The first kappa shape index (κ1) is 9.65. The van der Waals surface area contributed by atoms with Gasteiger partial charge >= 0.3 is 0 Å². The minimum atomic E-state index is 0.471. The third kappa shape index (κ3) is 2.02. The molecular weight excluding hydrogens is 160 g/mol. The molecule has 0 bridgehead atoms. The van der Waals surface area contributed by atoms with Crippen molar-refractivity contribution in [1.29, 1.82) is 10.8 Å². The smallest absolute Gasteiger partial charge is 0.0256 e. The standard InChI is InChI=1S/C11H14N2/c1-8(2)9-3-4-10(6-12)11(5-9)7-13/h3-8,12-13H,1-2H3. The third-order valence-electron chi connectivity index (χ3n) is 2.09. The minimum Gasteiger partial charge on any atom is -0.308 e. The Balaban J connectivity index is 3.20. The van der Waals surface area contributed by atoms with E-state index in [-0.39, 0.29) is 0 Å². The Labute approximate surface area is 78.6 Å². The Morgan fingerprint density at radius 2 is 1.69 bits per heavy atom. The Kier molecular flexibility index (Phi) is 2.96. The first-order valence-electron chi connectivity index (χ1n) is 4.34. The molecule has 0 aliphatic rings. The Bertz CT molecular complexity index is 327. The average Bonchev–Trinajstić information content (AvgIpc) is 2.16. The second kappa shape index (κ2) is 3.99. The van der Waals surface area contributed by atoms with Gasteiger partial charge in [0, 0.05) is 23.6 Å². The van der Waals surface area contributed by atoms with Crippen LogP contribution in [0.2, 0.25) is 0 Å². The van der Waals surface area contributed by atoms with Crippen molar-refractivity contribution >= 4 is 12.4 Å². The summed E-state index contributed by atoms with van der Waals surface area (Å²) in [5.74, 6) is 0.471. The van der Waals surface area contributed by atoms with Crippen LogP contribution in [0.5, 0.6) is 0 Å². The zero-order valence-corrected chi connectivity index (χ0v) is 7.96. The van der Waals surface area contributed by atoms with E-state index in [4.69, 9.17) is 10.8 Å². The summed E-state index contributed by atoms with van der Waals surface area (Å²) in [5.41, 5.74) is 2.84.